The lowest BCUT2D eigenvalue weighted by Gasteiger charge is -2.32. The minimum absolute atomic E-state index is 0.145. The quantitative estimate of drug-likeness (QED) is 0.102. The van der Waals surface area contributed by atoms with E-state index in [1.54, 1.807) is 42.6 Å². The van der Waals surface area contributed by atoms with Gasteiger partial charge in [-0.2, -0.15) is 0 Å². The monoisotopic (exact) mass is 1320 g/mol. The second-order valence-electron chi connectivity index (χ2n) is 27.9. The van der Waals surface area contributed by atoms with Gasteiger partial charge >= 0.3 is 0 Å². The second kappa shape index (κ2) is 27.0. The average Bonchev–Trinajstić information content (AvgIpc) is 1.65. The van der Waals surface area contributed by atoms with Gasteiger partial charge in [-0.15, -0.1) is 0 Å². The van der Waals surface area contributed by atoms with Crippen molar-refractivity contribution in [1.82, 2.24) is 64.8 Å². The first kappa shape index (κ1) is 63.2. The molecule has 4 N–H and O–H groups in total. The molecule has 2 unspecified atom stereocenters. The Morgan fingerprint density at radius 1 is 0.374 bits per heavy atom. The highest BCUT2D eigenvalue weighted by Gasteiger charge is 2.33. The summed E-state index contributed by atoms with van der Waals surface area (Å²) >= 11 is 0. The van der Waals surface area contributed by atoms with Gasteiger partial charge in [0.25, 0.3) is 5.56 Å². The Kier molecular flexibility index (Phi) is 17.3. The zero-order valence-corrected chi connectivity index (χ0v) is 55.6. The standard InChI is InChI=1S/C29H27FN4.C27H25FN4.C26H24FN5O/c1-18(29-33-27-10-8-21(15-28(27)34-29)22-3-2-13-31-17-22)19-4-6-20(7-5-19)24-12-14-32-26-11-9-23(30)16-25(24)26;1-16(27-31-25-11-10-23-21(26(25)32-27)3-2-13-29-23)17-4-6-18(7-5-17)20-12-14-30-24-9-8-19(28)15-22(20)24;1-14(25-31-23-11-20-22(12-24(23)32-25)29-13-30-26(20)33)15-2-4-16(5-3-15)18-8-9-28-21-7-6-17(27)10-19(18)21/h2-3,8-20H,4-7H2,1H3,(H,33,34);2-3,8-18H,4-7H2,1H3,(H,31,32);6-16H,2-5H2,1H3,(H,31,32)(H,29,30,33)/t18-,19?,20?;;/m0../s1. The third-order valence-corrected chi connectivity index (χ3v) is 22.3. The van der Waals surface area contributed by atoms with Crippen molar-refractivity contribution in [1.29, 1.82) is 0 Å². The number of fused-ring (bicyclic) bond motifs is 9. The fraction of sp³-hybridized carbons (Fsp3) is 0.293. The van der Waals surface area contributed by atoms with Gasteiger partial charge in [0.2, 0.25) is 0 Å². The number of imidazole rings is 3. The van der Waals surface area contributed by atoms with E-state index in [1.165, 1.54) is 41.2 Å². The highest BCUT2D eigenvalue weighted by molar-refractivity contribution is 6.02. The largest absolute Gasteiger partial charge is 0.342 e. The van der Waals surface area contributed by atoms with Crippen LogP contribution in [0.4, 0.5) is 13.2 Å². The fourth-order valence-corrected chi connectivity index (χ4v) is 16.6. The summed E-state index contributed by atoms with van der Waals surface area (Å²) in [5, 5.41) is 4.51. The number of hydrogen-bond acceptors (Lipinski definition) is 10. The topological polar surface area (TPSA) is 196 Å². The van der Waals surface area contributed by atoms with Gasteiger partial charge in [-0.25, -0.2) is 33.1 Å². The van der Waals surface area contributed by atoms with Crippen LogP contribution in [0.3, 0.4) is 0 Å². The number of nitrogens with zero attached hydrogens (tertiary/aromatic N) is 9. The molecule has 0 aliphatic heterocycles. The molecule has 3 saturated carbocycles. The SMILES string of the molecule is CC(c1nc2c(ccc3ncccc32)[nH]1)C1CCC(c2ccnc3ccc(F)cc23)CC1.CC(c1nc2cc3nc[nH]c(=O)c3cc2[nH]1)C1CCC(c2ccnc3ccc(F)cc23)CC1.C[C@H](c1nc2ccc(-c3cccnc3)cc2[nH]1)C1CCC(c2ccnc3ccc(F)cc23)CC1. The number of halogens is 3. The molecule has 15 aromatic rings. The van der Waals surface area contributed by atoms with Crippen LogP contribution in [-0.2, 0) is 0 Å². The molecule has 3 aliphatic carbocycles. The lowest BCUT2D eigenvalue weighted by molar-refractivity contribution is 0.286. The lowest BCUT2D eigenvalue weighted by Crippen LogP contribution is -2.19. The minimum atomic E-state index is -0.214. The van der Waals surface area contributed by atoms with E-state index < -0.39 is 0 Å². The van der Waals surface area contributed by atoms with E-state index in [0.717, 1.165) is 182 Å². The van der Waals surface area contributed by atoms with Crippen LogP contribution in [0.25, 0.3) is 98.7 Å². The number of benzene rings is 6. The maximum atomic E-state index is 13.9. The highest BCUT2D eigenvalue weighted by atomic mass is 19.1. The Balaban J connectivity index is 0.000000116. The van der Waals surface area contributed by atoms with Gasteiger partial charge in [0.1, 0.15) is 34.9 Å². The molecule has 99 heavy (non-hydrogen) atoms. The van der Waals surface area contributed by atoms with Crippen molar-refractivity contribution < 1.29 is 13.2 Å². The van der Waals surface area contributed by atoms with Crippen molar-refractivity contribution in [2.45, 2.75) is 133 Å². The molecule has 0 bridgehead atoms. The summed E-state index contributed by atoms with van der Waals surface area (Å²) in [7, 11) is 0. The summed E-state index contributed by atoms with van der Waals surface area (Å²) in [6, 6.07) is 43.2. The van der Waals surface area contributed by atoms with E-state index in [2.05, 4.69) is 131 Å². The molecule has 496 valence electrons. The smallest absolute Gasteiger partial charge is 0.258 e. The van der Waals surface area contributed by atoms with Gasteiger partial charge in [0.05, 0.1) is 72.4 Å². The third-order valence-electron chi connectivity index (χ3n) is 22.3. The predicted molar refractivity (Wildman–Crippen MR) is 387 cm³/mol. The summed E-state index contributed by atoms with van der Waals surface area (Å²) in [5.74, 6) is 6.50. The molecule has 3 atom stereocenters. The van der Waals surface area contributed by atoms with Gasteiger partial charge in [0.15, 0.2) is 0 Å². The summed E-state index contributed by atoms with van der Waals surface area (Å²) in [6.45, 7) is 6.81. The number of rotatable bonds is 10. The van der Waals surface area contributed by atoms with Crippen LogP contribution in [0.2, 0.25) is 0 Å². The number of H-pyrrole nitrogens is 4. The van der Waals surface area contributed by atoms with Gasteiger partial charge in [0, 0.05) is 82.0 Å². The third kappa shape index (κ3) is 12.8. The molecule has 9 heterocycles. The van der Waals surface area contributed by atoms with E-state index in [9.17, 15) is 18.0 Å². The van der Waals surface area contributed by atoms with E-state index in [1.807, 2.05) is 55.2 Å². The van der Waals surface area contributed by atoms with Crippen LogP contribution >= 0.6 is 0 Å². The van der Waals surface area contributed by atoms with Gasteiger partial charge < -0.3 is 19.9 Å². The molecule has 14 nitrogen and oxygen atoms in total. The molecule has 3 fully saturated rings. The number of aromatic nitrogens is 13. The second-order valence-corrected chi connectivity index (χ2v) is 27.9. The molecular formula is C82H76F3N13O. The highest BCUT2D eigenvalue weighted by Crippen LogP contribution is 2.47. The van der Waals surface area contributed by atoms with E-state index in [-0.39, 0.29) is 28.9 Å². The van der Waals surface area contributed by atoms with Crippen molar-refractivity contribution in [3.05, 3.63) is 245 Å². The van der Waals surface area contributed by atoms with Crippen molar-refractivity contribution in [3.8, 4) is 11.1 Å². The van der Waals surface area contributed by atoms with Crippen molar-refractivity contribution >= 4 is 87.6 Å². The molecule has 0 spiro atoms. The maximum absolute atomic E-state index is 13.9. The minimum Gasteiger partial charge on any atom is -0.342 e. The summed E-state index contributed by atoms with van der Waals surface area (Å²) in [4.78, 5) is 66.3. The molecule has 18 rings (SSSR count). The fourth-order valence-electron chi connectivity index (χ4n) is 16.6. The molecule has 6 aromatic carbocycles. The lowest BCUT2D eigenvalue weighted by atomic mass is 9.73. The van der Waals surface area contributed by atoms with Gasteiger partial charge in [-0.1, -0.05) is 32.9 Å². The Morgan fingerprint density at radius 3 is 1.35 bits per heavy atom. The summed E-state index contributed by atoms with van der Waals surface area (Å²) in [5.41, 5.74) is 15.9. The number of nitrogens with one attached hydrogen (secondary N) is 4. The van der Waals surface area contributed by atoms with Crippen LogP contribution in [0.1, 0.15) is 167 Å². The Morgan fingerprint density at radius 2 is 0.828 bits per heavy atom. The molecule has 0 amide bonds. The van der Waals surface area contributed by atoms with E-state index >= 15 is 0 Å². The van der Waals surface area contributed by atoms with E-state index in [4.69, 9.17) is 15.0 Å². The molecule has 9 aromatic heterocycles. The zero-order chi connectivity index (χ0) is 67.3. The number of pyridine rings is 5. The van der Waals surface area contributed by atoms with Crippen LogP contribution in [0.15, 0.2) is 188 Å². The molecule has 0 radical (unpaired) electrons. The van der Waals surface area contributed by atoms with Crippen LogP contribution in [-0.4, -0.2) is 64.8 Å². The Labute approximate surface area is 569 Å². The number of hydrogen-bond donors (Lipinski definition) is 4. The first-order valence-electron chi connectivity index (χ1n) is 35.0. The summed E-state index contributed by atoms with van der Waals surface area (Å²) in [6.07, 6.45) is 25.8. The first-order chi connectivity index (χ1) is 48.4. The Bertz CT molecular complexity index is 5510. The zero-order valence-electron chi connectivity index (χ0n) is 55.6. The molecule has 3 aliphatic rings. The van der Waals surface area contributed by atoms with Crippen molar-refractivity contribution in [2.75, 3.05) is 0 Å². The van der Waals surface area contributed by atoms with Gasteiger partial charge in [-0.05, 0) is 262 Å². The average molecular weight is 1320 g/mol. The number of aromatic amines is 4. The van der Waals surface area contributed by atoms with E-state index in [0.29, 0.717) is 58.2 Å². The normalized spacial score (nSPS) is 19.9. The van der Waals surface area contributed by atoms with Crippen LogP contribution in [0.5, 0.6) is 0 Å². The summed E-state index contributed by atoms with van der Waals surface area (Å²) < 4.78 is 41.7. The van der Waals surface area contributed by atoms with Crippen LogP contribution < -0.4 is 5.56 Å². The maximum Gasteiger partial charge on any atom is 0.258 e. The predicted octanol–water partition coefficient (Wildman–Crippen LogP) is 19.8. The van der Waals surface area contributed by atoms with Crippen molar-refractivity contribution in [2.24, 2.45) is 17.8 Å². The molecular weight excluding hydrogens is 1240 g/mol. The van der Waals surface area contributed by atoms with Crippen LogP contribution in [0, 0.1) is 35.2 Å². The Hall–Kier alpha value is -10.6. The van der Waals surface area contributed by atoms with Crippen molar-refractivity contribution in [3.63, 3.8) is 0 Å². The first-order valence-corrected chi connectivity index (χ1v) is 35.0. The molecule has 0 saturated heterocycles. The van der Waals surface area contributed by atoms with Gasteiger partial charge in [-0.3, -0.25) is 29.7 Å². The molecule has 17 heteroatoms.